The first-order valence-electron chi connectivity index (χ1n) is 5.92. The molecule has 0 spiro atoms. The molecule has 6 heteroatoms. The van der Waals surface area contributed by atoms with Gasteiger partial charge >= 0.3 is 0 Å². The topological polar surface area (TPSA) is 52.2 Å². The molecule has 0 saturated heterocycles. The molecule has 0 fully saturated rings. The van der Waals surface area contributed by atoms with E-state index in [4.69, 9.17) is 12.2 Å². The fraction of sp³-hybridized carbons (Fsp3) is 0.231. The smallest absolute Gasteiger partial charge is 0.187 e. The van der Waals surface area contributed by atoms with E-state index in [2.05, 4.69) is 42.8 Å². The fourth-order valence-electron chi connectivity index (χ4n) is 1.68. The van der Waals surface area contributed by atoms with Gasteiger partial charge in [0.2, 0.25) is 0 Å². The molecular weight excluding hydrogens is 324 g/mol. The minimum atomic E-state index is 0.291. The highest BCUT2D eigenvalue weighted by atomic mass is 79.9. The third-order valence-electron chi connectivity index (χ3n) is 2.47. The van der Waals surface area contributed by atoms with Crippen LogP contribution in [0.25, 0.3) is 10.9 Å². The second-order valence-corrected chi connectivity index (χ2v) is 5.76. The van der Waals surface area contributed by atoms with Gasteiger partial charge in [0, 0.05) is 33.2 Å². The van der Waals surface area contributed by atoms with Crippen LogP contribution in [0.4, 0.5) is 0 Å². The zero-order valence-electron chi connectivity index (χ0n) is 10.7. The highest BCUT2D eigenvalue weighted by Crippen LogP contribution is 2.21. The second-order valence-electron chi connectivity index (χ2n) is 4.43. The molecule has 0 bridgehead atoms. The molecule has 0 aliphatic heterocycles. The SMILES string of the molecule is CC(C)NC(=S)N/N=C/c1c[nH]c2ccc(Br)cc12. The van der Waals surface area contributed by atoms with Crippen LogP contribution in [0.15, 0.2) is 34.0 Å². The molecule has 3 N–H and O–H groups in total. The van der Waals surface area contributed by atoms with Crippen molar-refractivity contribution < 1.29 is 0 Å². The van der Waals surface area contributed by atoms with Crippen LogP contribution in [0.1, 0.15) is 19.4 Å². The van der Waals surface area contributed by atoms with Gasteiger partial charge in [-0.25, -0.2) is 0 Å². The summed E-state index contributed by atoms with van der Waals surface area (Å²) in [4.78, 5) is 3.20. The lowest BCUT2D eigenvalue weighted by Crippen LogP contribution is -2.36. The van der Waals surface area contributed by atoms with Crippen LogP contribution in [0.3, 0.4) is 0 Å². The van der Waals surface area contributed by atoms with Crippen molar-refractivity contribution >= 4 is 50.4 Å². The number of aromatic amines is 1. The third-order valence-corrected chi connectivity index (χ3v) is 3.17. The summed E-state index contributed by atoms with van der Waals surface area (Å²) in [6.07, 6.45) is 3.67. The van der Waals surface area contributed by atoms with Crippen molar-refractivity contribution in [1.82, 2.24) is 15.7 Å². The average molecular weight is 339 g/mol. The zero-order chi connectivity index (χ0) is 13.8. The molecule has 0 aliphatic carbocycles. The van der Waals surface area contributed by atoms with Gasteiger partial charge in [-0.3, -0.25) is 5.43 Å². The molecule has 0 aliphatic rings. The van der Waals surface area contributed by atoms with Gasteiger partial charge in [0.05, 0.1) is 6.21 Å². The zero-order valence-corrected chi connectivity index (χ0v) is 13.1. The Labute approximate surface area is 125 Å². The highest BCUT2D eigenvalue weighted by Gasteiger charge is 2.02. The number of hydrogen-bond donors (Lipinski definition) is 3. The van der Waals surface area contributed by atoms with E-state index in [1.807, 2.05) is 32.2 Å². The predicted molar refractivity (Wildman–Crippen MR) is 87.6 cm³/mol. The Bertz CT molecular complexity index is 618. The molecule has 100 valence electrons. The van der Waals surface area contributed by atoms with Gasteiger partial charge in [0.1, 0.15) is 0 Å². The summed E-state index contributed by atoms with van der Waals surface area (Å²) in [5.41, 5.74) is 4.88. The summed E-state index contributed by atoms with van der Waals surface area (Å²) in [5.74, 6) is 0. The lowest BCUT2D eigenvalue weighted by molar-refractivity contribution is 0.720. The number of nitrogens with zero attached hydrogens (tertiary/aromatic N) is 1. The monoisotopic (exact) mass is 338 g/mol. The maximum atomic E-state index is 5.09. The number of hydrogen-bond acceptors (Lipinski definition) is 2. The van der Waals surface area contributed by atoms with E-state index in [9.17, 15) is 0 Å². The van der Waals surface area contributed by atoms with Crippen LogP contribution in [0.5, 0.6) is 0 Å². The molecule has 1 heterocycles. The van der Waals surface area contributed by atoms with E-state index in [-0.39, 0.29) is 0 Å². The van der Waals surface area contributed by atoms with Gasteiger partial charge in [-0.2, -0.15) is 5.10 Å². The number of nitrogens with one attached hydrogen (secondary N) is 3. The van der Waals surface area contributed by atoms with Crippen molar-refractivity contribution in [3.05, 3.63) is 34.4 Å². The van der Waals surface area contributed by atoms with Crippen LogP contribution >= 0.6 is 28.1 Å². The molecular formula is C13H15BrN4S. The lowest BCUT2D eigenvalue weighted by Gasteiger charge is -2.09. The Morgan fingerprint density at radius 2 is 2.26 bits per heavy atom. The summed E-state index contributed by atoms with van der Waals surface area (Å²) in [6, 6.07) is 6.37. The highest BCUT2D eigenvalue weighted by molar-refractivity contribution is 9.10. The molecule has 0 unspecified atom stereocenters. The maximum Gasteiger partial charge on any atom is 0.187 e. The predicted octanol–water partition coefficient (Wildman–Crippen LogP) is 3.14. The number of benzene rings is 1. The Hall–Kier alpha value is -1.40. The summed E-state index contributed by atoms with van der Waals surface area (Å²) in [5, 5.41) is 8.83. The molecule has 1 aromatic carbocycles. The van der Waals surface area contributed by atoms with E-state index in [1.165, 1.54) is 0 Å². The number of halogens is 1. The van der Waals surface area contributed by atoms with E-state index in [0.717, 1.165) is 20.9 Å². The van der Waals surface area contributed by atoms with Gasteiger partial charge in [-0.05, 0) is 44.3 Å². The number of H-pyrrole nitrogens is 1. The Balaban J connectivity index is 2.09. The van der Waals surface area contributed by atoms with Crippen molar-refractivity contribution in [2.24, 2.45) is 5.10 Å². The van der Waals surface area contributed by atoms with Crippen LogP contribution in [0.2, 0.25) is 0 Å². The average Bonchev–Trinajstić information content (AvgIpc) is 2.71. The molecule has 0 atom stereocenters. The Morgan fingerprint density at radius 3 is 3.00 bits per heavy atom. The maximum absolute atomic E-state index is 5.09. The van der Waals surface area contributed by atoms with Gasteiger partial charge in [0.15, 0.2) is 5.11 Å². The summed E-state index contributed by atoms with van der Waals surface area (Å²) in [7, 11) is 0. The van der Waals surface area contributed by atoms with Crippen molar-refractivity contribution in [3.8, 4) is 0 Å². The first kappa shape index (κ1) is 14.0. The summed E-state index contributed by atoms with van der Waals surface area (Å²) in [6.45, 7) is 4.05. The van der Waals surface area contributed by atoms with Crippen molar-refractivity contribution in [3.63, 3.8) is 0 Å². The van der Waals surface area contributed by atoms with E-state index < -0.39 is 0 Å². The van der Waals surface area contributed by atoms with Crippen LogP contribution in [-0.2, 0) is 0 Å². The largest absolute Gasteiger partial charge is 0.361 e. The Morgan fingerprint density at radius 1 is 1.47 bits per heavy atom. The number of thiocarbonyl (C=S) groups is 1. The van der Waals surface area contributed by atoms with Gasteiger partial charge in [-0.1, -0.05) is 15.9 Å². The second kappa shape index (κ2) is 6.16. The minimum absolute atomic E-state index is 0.291. The van der Waals surface area contributed by atoms with Crippen molar-refractivity contribution in [1.29, 1.82) is 0 Å². The molecule has 0 radical (unpaired) electrons. The van der Waals surface area contributed by atoms with E-state index in [1.54, 1.807) is 6.21 Å². The van der Waals surface area contributed by atoms with Crippen molar-refractivity contribution in [2.75, 3.05) is 0 Å². The van der Waals surface area contributed by atoms with Crippen LogP contribution in [0, 0.1) is 0 Å². The molecule has 2 aromatic rings. The van der Waals surface area contributed by atoms with E-state index in [0.29, 0.717) is 11.2 Å². The molecule has 1 aromatic heterocycles. The summed E-state index contributed by atoms with van der Waals surface area (Å²) >= 11 is 8.56. The van der Waals surface area contributed by atoms with Gasteiger partial charge < -0.3 is 10.3 Å². The lowest BCUT2D eigenvalue weighted by atomic mass is 10.2. The standard InChI is InChI=1S/C13H15BrN4S/c1-8(2)17-13(19)18-16-7-9-6-15-12-4-3-10(14)5-11(9)12/h3-8,15H,1-2H3,(H2,17,18,19)/b16-7+. The number of fused-ring (bicyclic) bond motifs is 1. The third kappa shape index (κ3) is 3.78. The van der Waals surface area contributed by atoms with Gasteiger partial charge in [0.25, 0.3) is 0 Å². The van der Waals surface area contributed by atoms with Crippen LogP contribution in [-0.4, -0.2) is 22.4 Å². The molecule has 2 rings (SSSR count). The molecule has 4 nitrogen and oxygen atoms in total. The Kier molecular flexibility index (Phi) is 4.55. The normalized spacial score (nSPS) is 11.4. The number of rotatable bonds is 3. The first-order valence-corrected chi connectivity index (χ1v) is 7.12. The minimum Gasteiger partial charge on any atom is -0.361 e. The number of hydrazone groups is 1. The fourth-order valence-corrected chi connectivity index (χ4v) is 2.33. The van der Waals surface area contributed by atoms with Gasteiger partial charge in [-0.15, -0.1) is 0 Å². The summed E-state index contributed by atoms with van der Waals surface area (Å²) < 4.78 is 1.04. The molecule has 19 heavy (non-hydrogen) atoms. The van der Waals surface area contributed by atoms with E-state index >= 15 is 0 Å². The van der Waals surface area contributed by atoms with Crippen LogP contribution < -0.4 is 10.7 Å². The van der Waals surface area contributed by atoms with Crippen molar-refractivity contribution in [2.45, 2.75) is 19.9 Å². The number of aromatic nitrogens is 1. The quantitative estimate of drug-likeness (QED) is 0.457. The molecule has 0 saturated carbocycles. The first-order chi connectivity index (χ1) is 9.06. The molecule has 0 amide bonds.